The van der Waals surface area contributed by atoms with E-state index in [0.29, 0.717) is 19.3 Å². The van der Waals surface area contributed by atoms with Crippen LogP contribution in [0.3, 0.4) is 0 Å². The molecule has 0 saturated carbocycles. The lowest BCUT2D eigenvalue weighted by molar-refractivity contribution is -0.166. The molecule has 0 aromatic heterocycles. The summed E-state index contributed by atoms with van der Waals surface area (Å²) >= 11 is 0. The molecule has 0 aliphatic rings. The summed E-state index contributed by atoms with van der Waals surface area (Å²) in [7, 11) is 0. The van der Waals surface area contributed by atoms with Gasteiger partial charge in [-0.2, -0.15) is 0 Å². The van der Waals surface area contributed by atoms with Crippen LogP contribution in [0.5, 0.6) is 0 Å². The fourth-order valence-electron chi connectivity index (χ4n) is 8.37. The summed E-state index contributed by atoms with van der Waals surface area (Å²) in [6.45, 7) is 6.18. The summed E-state index contributed by atoms with van der Waals surface area (Å²) in [5.74, 6) is -1.07. The molecular weight excluding hydrogens is 973 g/mol. The van der Waals surface area contributed by atoms with Crippen molar-refractivity contribution in [1.82, 2.24) is 0 Å². The zero-order chi connectivity index (χ0) is 57.1. The highest BCUT2D eigenvalue weighted by Crippen LogP contribution is 2.16. The van der Waals surface area contributed by atoms with Crippen molar-refractivity contribution >= 4 is 17.9 Å². The van der Waals surface area contributed by atoms with E-state index in [0.717, 1.165) is 109 Å². The standard InChI is InChI=1S/C73H116O6/c1-4-7-10-13-16-19-22-25-27-29-30-31-32-33-34-35-36-37-38-39-40-41-42-44-45-48-51-54-57-60-63-66-72(75)78-69-70(68-77-71(74)65-62-59-56-53-50-47-24-21-18-15-12-9-6-3)79-73(76)67-64-61-58-55-52-49-46-43-28-26-23-20-17-14-11-8-5-2/h7-12,16-21,25-28,30-31,46-47,49-50,55-56,58-59,70H,4-6,13-15,22-24,29,32-45,48,51-54,57,60-69H2,1-3H3/b10-7-,11-8-,12-9-,19-16-,20-17-,21-18-,27-25-,28-26-,31-30-,49-46-,50-47-,58-55-,59-56-. The van der Waals surface area contributed by atoms with Gasteiger partial charge in [-0.05, 0) is 122 Å². The summed E-state index contributed by atoms with van der Waals surface area (Å²) in [6, 6.07) is 0. The molecule has 0 aliphatic carbocycles. The van der Waals surface area contributed by atoms with Gasteiger partial charge in [0.15, 0.2) is 6.10 Å². The molecule has 0 fully saturated rings. The molecule has 1 unspecified atom stereocenters. The number of rotatable bonds is 56. The molecule has 0 N–H and O–H groups in total. The minimum atomic E-state index is -0.843. The fourth-order valence-corrected chi connectivity index (χ4v) is 8.37. The van der Waals surface area contributed by atoms with E-state index in [1.165, 1.54) is 103 Å². The molecule has 6 nitrogen and oxygen atoms in total. The minimum Gasteiger partial charge on any atom is -0.462 e. The van der Waals surface area contributed by atoms with E-state index >= 15 is 0 Å². The molecule has 1 atom stereocenters. The topological polar surface area (TPSA) is 78.9 Å². The maximum Gasteiger partial charge on any atom is 0.306 e. The quantitative estimate of drug-likeness (QED) is 0.0261. The zero-order valence-electron chi connectivity index (χ0n) is 50.8. The molecule has 0 aromatic carbocycles. The Balaban J connectivity index is 4.31. The highest BCUT2D eigenvalue weighted by molar-refractivity contribution is 5.71. The van der Waals surface area contributed by atoms with Gasteiger partial charge in [0.25, 0.3) is 0 Å². The van der Waals surface area contributed by atoms with Gasteiger partial charge in [-0.15, -0.1) is 0 Å². The zero-order valence-corrected chi connectivity index (χ0v) is 50.8. The largest absolute Gasteiger partial charge is 0.462 e. The van der Waals surface area contributed by atoms with E-state index in [-0.39, 0.29) is 44.0 Å². The SMILES string of the molecule is CC/C=C\C/C=C\C/C=C\C/C=C\C/C=C\CCCC(=O)OC(COC(=O)CC/C=C\C/C=C\C/C=C\C/C=C\CC)COC(=O)CCCCCCCCCCCCCCCCCCCC/C=C\C/C=C\C/C=C\C/C=C\CC. The van der Waals surface area contributed by atoms with Gasteiger partial charge in [-0.3, -0.25) is 14.4 Å². The summed E-state index contributed by atoms with van der Waals surface area (Å²) < 4.78 is 16.8. The van der Waals surface area contributed by atoms with Gasteiger partial charge < -0.3 is 14.2 Å². The molecule has 0 heterocycles. The number of allylic oxidation sites excluding steroid dienone is 26. The molecule has 0 rings (SSSR count). The molecule has 6 heteroatoms. The lowest BCUT2D eigenvalue weighted by Gasteiger charge is -2.18. The van der Waals surface area contributed by atoms with Crippen LogP contribution in [0, 0.1) is 0 Å². The van der Waals surface area contributed by atoms with Crippen molar-refractivity contribution in [2.45, 2.75) is 271 Å². The third kappa shape index (κ3) is 63.7. The van der Waals surface area contributed by atoms with Crippen LogP contribution in [0.25, 0.3) is 0 Å². The van der Waals surface area contributed by atoms with Crippen LogP contribution in [-0.4, -0.2) is 37.2 Å². The summed E-state index contributed by atoms with van der Waals surface area (Å²) in [6.07, 6.45) is 95.8. The first-order valence-electron chi connectivity index (χ1n) is 32.0. The first-order valence-corrected chi connectivity index (χ1v) is 32.0. The second-order valence-electron chi connectivity index (χ2n) is 20.5. The Kier molecular flexibility index (Phi) is 61.4. The Morgan fingerprint density at radius 1 is 0.253 bits per heavy atom. The van der Waals surface area contributed by atoms with Crippen molar-refractivity contribution in [3.8, 4) is 0 Å². The average Bonchev–Trinajstić information content (AvgIpc) is 3.45. The van der Waals surface area contributed by atoms with Crippen molar-refractivity contribution < 1.29 is 28.6 Å². The van der Waals surface area contributed by atoms with Crippen molar-refractivity contribution in [2.75, 3.05) is 13.2 Å². The molecule has 0 radical (unpaired) electrons. The van der Waals surface area contributed by atoms with Crippen LogP contribution < -0.4 is 0 Å². The van der Waals surface area contributed by atoms with Gasteiger partial charge >= 0.3 is 17.9 Å². The van der Waals surface area contributed by atoms with Gasteiger partial charge in [0, 0.05) is 19.3 Å². The van der Waals surface area contributed by atoms with E-state index in [4.69, 9.17) is 14.2 Å². The molecule has 0 saturated heterocycles. The fraction of sp³-hybridized carbons (Fsp3) is 0.603. The van der Waals surface area contributed by atoms with Crippen molar-refractivity contribution in [3.63, 3.8) is 0 Å². The van der Waals surface area contributed by atoms with Crippen LogP contribution in [0.2, 0.25) is 0 Å². The smallest absolute Gasteiger partial charge is 0.306 e. The predicted molar refractivity (Wildman–Crippen MR) is 343 cm³/mol. The number of hydrogen-bond donors (Lipinski definition) is 0. The first-order chi connectivity index (χ1) is 39.0. The lowest BCUT2D eigenvalue weighted by atomic mass is 10.0. The molecule has 0 amide bonds. The Labute approximate surface area is 486 Å². The van der Waals surface area contributed by atoms with Crippen LogP contribution in [0.15, 0.2) is 158 Å². The van der Waals surface area contributed by atoms with Gasteiger partial charge in [-0.25, -0.2) is 0 Å². The number of hydrogen-bond acceptors (Lipinski definition) is 6. The monoisotopic (exact) mass is 1090 g/mol. The average molecular weight is 1090 g/mol. The molecule has 0 aliphatic heterocycles. The molecule has 0 spiro atoms. The second kappa shape index (κ2) is 65.5. The number of carbonyl (C=O) groups is 3. The number of unbranched alkanes of at least 4 members (excludes halogenated alkanes) is 19. The molecule has 444 valence electrons. The van der Waals surface area contributed by atoms with Gasteiger partial charge in [0.05, 0.1) is 0 Å². The Morgan fingerprint density at radius 2 is 0.494 bits per heavy atom. The minimum absolute atomic E-state index is 0.127. The van der Waals surface area contributed by atoms with E-state index < -0.39 is 6.10 Å². The van der Waals surface area contributed by atoms with Gasteiger partial charge in [0.2, 0.25) is 0 Å². The van der Waals surface area contributed by atoms with E-state index in [9.17, 15) is 14.4 Å². The molecule has 0 aromatic rings. The van der Waals surface area contributed by atoms with Gasteiger partial charge in [-0.1, -0.05) is 281 Å². The van der Waals surface area contributed by atoms with Crippen LogP contribution in [0.4, 0.5) is 0 Å². The second-order valence-corrected chi connectivity index (χ2v) is 20.5. The third-order valence-corrected chi connectivity index (χ3v) is 13.0. The maximum atomic E-state index is 12.9. The van der Waals surface area contributed by atoms with Crippen LogP contribution >= 0.6 is 0 Å². The van der Waals surface area contributed by atoms with E-state index in [1.54, 1.807) is 0 Å². The Hall–Kier alpha value is -4.97. The van der Waals surface area contributed by atoms with Crippen molar-refractivity contribution in [1.29, 1.82) is 0 Å². The Morgan fingerprint density at radius 3 is 0.823 bits per heavy atom. The normalized spacial score (nSPS) is 13.2. The summed E-state index contributed by atoms with van der Waals surface area (Å²) in [4.78, 5) is 38.2. The number of ether oxygens (including phenoxy) is 3. The lowest BCUT2D eigenvalue weighted by Crippen LogP contribution is -2.30. The van der Waals surface area contributed by atoms with Crippen LogP contribution in [0.1, 0.15) is 265 Å². The van der Waals surface area contributed by atoms with Crippen molar-refractivity contribution in [3.05, 3.63) is 158 Å². The van der Waals surface area contributed by atoms with E-state index in [2.05, 4.69) is 167 Å². The summed E-state index contributed by atoms with van der Waals surface area (Å²) in [5.41, 5.74) is 0. The highest BCUT2D eigenvalue weighted by atomic mass is 16.6. The Bertz CT molecular complexity index is 1780. The summed E-state index contributed by atoms with van der Waals surface area (Å²) in [5, 5.41) is 0. The van der Waals surface area contributed by atoms with Crippen molar-refractivity contribution in [2.24, 2.45) is 0 Å². The van der Waals surface area contributed by atoms with Gasteiger partial charge in [0.1, 0.15) is 13.2 Å². The predicted octanol–water partition coefficient (Wildman–Crippen LogP) is 22.1. The molecule has 79 heavy (non-hydrogen) atoms. The number of carbonyl (C=O) groups excluding carboxylic acids is 3. The third-order valence-electron chi connectivity index (χ3n) is 13.0. The first kappa shape index (κ1) is 74.0. The number of esters is 3. The molecule has 0 bridgehead atoms. The van der Waals surface area contributed by atoms with Crippen LogP contribution in [-0.2, 0) is 28.6 Å². The van der Waals surface area contributed by atoms with E-state index in [1.807, 2.05) is 12.2 Å². The highest BCUT2D eigenvalue weighted by Gasteiger charge is 2.19. The molecular formula is C73H116O6. The maximum absolute atomic E-state index is 12.9.